The number of hydrogen-bond donors (Lipinski definition) is 2. The van der Waals surface area contributed by atoms with Crippen molar-refractivity contribution in [2.75, 3.05) is 6.61 Å². The van der Waals surface area contributed by atoms with E-state index >= 15 is 0 Å². The van der Waals surface area contributed by atoms with E-state index in [2.05, 4.69) is 0 Å². The van der Waals surface area contributed by atoms with E-state index in [-0.39, 0.29) is 18.1 Å². The molecule has 1 rings (SSSR count). The Labute approximate surface area is 65.3 Å². The largest absolute Gasteiger partial charge is 0.512 e. The van der Waals surface area contributed by atoms with Crippen LogP contribution in [0.5, 0.6) is 0 Å². The molecule has 0 saturated carbocycles. The number of aliphatic hydroxyl groups excluding tert-OH is 2. The quantitative estimate of drug-likeness (QED) is 0.590. The molecule has 62 valence electrons. The SMILES string of the molecule is CC1(CO)CCC(O)=CC1=O. The first-order chi connectivity index (χ1) is 5.08. The summed E-state index contributed by atoms with van der Waals surface area (Å²) in [7, 11) is 0. The van der Waals surface area contributed by atoms with Crippen LogP contribution in [0.4, 0.5) is 0 Å². The lowest BCUT2D eigenvalue weighted by atomic mass is 9.78. The van der Waals surface area contributed by atoms with Crippen LogP contribution in [0.15, 0.2) is 11.8 Å². The third kappa shape index (κ3) is 1.43. The van der Waals surface area contributed by atoms with Crippen molar-refractivity contribution in [2.45, 2.75) is 19.8 Å². The summed E-state index contributed by atoms with van der Waals surface area (Å²) in [5.74, 6) is -0.0512. The van der Waals surface area contributed by atoms with Gasteiger partial charge in [0.25, 0.3) is 0 Å². The lowest BCUT2D eigenvalue weighted by Crippen LogP contribution is -2.33. The summed E-state index contributed by atoms with van der Waals surface area (Å²) >= 11 is 0. The molecule has 0 aromatic rings. The van der Waals surface area contributed by atoms with Crippen LogP contribution < -0.4 is 0 Å². The van der Waals surface area contributed by atoms with Gasteiger partial charge in [0.2, 0.25) is 0 Å². The van der Waals surface area contributed by atoms with Crippen LogP contribution >= 0.6 is 0 Å². The Kier molecular flexibility index (Phi) is 2.00. The minimum Gasteiger partial charge on any atom is -0.512 e. The van der Waals surface area contributed by atoms with Gasteiger partial charge in [0, 0.05) is 12.5 Å². The molecule has 0 aliphatic heterocycles. The highest BCUT2D eigenvalue weighted by Crippen LogP contribution is 2.30. The minimum atomic E-state index is -0.660. The second kappa shape index (κ2) is 2.66. The normalized spacial score (nSPS) is 31.8. The Morgan fingerprint density at radius 1 is 1.73 bits per heavy atom. The highest BCUT2D eigenvalue weighted by Gasteiger charge is 2.34. The van der Waals surface area contributed by atoms with Crippen LogP contribution in [0.3, 0.4) is 0 Å². The number of carbonyl (C=O) groups is 1. The summed E-state index contributed by atoms with van der Waals surface area (Å²) in [6, 6.07) is 0. The Balaban J connectivity index is 2.83. The van der Waals surface area contributed by atoms with Gasteiger partial charge in [-0.3, -0.25) is 4.79 Å². The molecule has 3 heteroatoms. The maximum Gasteiger partial charge on any atom is 0.167 e. The molecule has 0 aromatic carbocycles. The van der Waals surface area contributed by atoms with Gasteiger partial charge in [0.15, 0.2) is 5.78 Å². The lowest BCUT2D eigenvalue weighted by molar-refractivity contribution is -0.126. The second-order valence-corrected chi connectivity index (χ2v) is 3.22. The molecule has 0 fully saturated rings. The van der Waals surface area contributed by atoms with E-state index in [1.165, 1.54) is 6.08 Å². The molecule has 3 nitrogen and oxygen atoms in total. The van der Waals surface area contributed by atoms with Crippen molar-refractivity contribution in [3.05, 3.63) is 11.8 Å². The van der Waals surface area contributed by atoms with Crippen LogP contribution in [0.1, 0.15) is 19.8 Å². The van der Waals surface area contributed by atoms with E-state index in [0.717, 1.165) is 0 Å². The fourth-order valence-corrected chi connectivity index (χ4v) is 1.08. The standard InChI is InChI=1S/C8H12O3/c1-8(5-9)3-2-6(10)4-7(8)11/h4,9-10H,2-3,5H2,1H3. The summed E-state index contributed by atoms with van der Waals surface area (Å²) in [4.78, 5) is 11.2. The van der Waals surface area contributed by atoms with E-state index < -0.39 is 5.41 Å². The minimum absolute atomic E-state index is 0.126. The van der Waals surface area contributed by atoms with Crippen LogP contribution in [-0.2, 0) is 4.79 Å². The molecule has 0 amide bonds. The Bertz CT molecular complexity index is 207. The molecule has 1 unspecified atom stereocenters. The maximum absolute atomic E-state index is 11.2. The van der Waals surface area contributed by atoms with Crippen molar-refractivity contribution in [3.63, 3.8) is 0 Å². The van der Waals surface area contributed by atoms with E-state index in [4.69, 9.17) is 10.2 Å². The fourth-order valence-electron chi connectivity index (χ4n) is 1.08. The zero-order valence-electron chi connectivity index (χ0n) is 6.50. The van der Waals surface area contributed by atoms with E-state index in [1.807, 2.05) is 0 Å². The third-order valence-corrected chi connectivity index (χ3v) is 2.17. The van der Waals surface area contributed by atoms with Gasteiger partial charge in [-0.2, -0.15) is 0 Å². The summed E-state index contributed by atoms with van der Waals surface area (Å²) in [6.07, 6.45) is 2.23. The van der Waals surface area contributed by atoms with E-state index in [1.54, 1.807) is 6.92 Å². The van der Waals surface area contributed by atoms with E-state index in [0.29, 0.717) is 12.8 Å². The van der Waals surface area contributed by atoms with Crippen molar-refractivity contribution in [2.24, 2.45) is 5.41 Å². The molecular formula is C8H12O3. The van der Waals surface area contributed by atoms with Crippen LogP contribution in [0.25, 0.3) is 0 Å². The molecule has 0 radical (unpaired) electrons. The molecule has 0 spiro atoms. The second-order valence-electron chi connectivity index (χ2n) is 3.22. The molecule has 1 atom stereocenters. The van der Waals surface area contributed by atoms with Crippen molar-refractivity contribution >= 4 is 5.78 Å². The summed E-state index contributed by atoms with van der Waals surface area (Å²) in [5, 5.41) is 17.8. The van der Waals surface area contributed by atoms with Gasteiger partial charge in [0.05, 0.1) is 17.8 Å². The zero-order valence-corrected chi connectivity index (χ0v) is 6.50. The number of aliphatic hydroxyl groups is 2. The fraction of sp³-hybridized carbons (Fsp3) is 0.625. The van der Waals surface area contributed by atoms with Crippen LogP contribution in [-0.4, -0.2) is 22.6 Å². The molecule has 2 N–H and O–H groups in total. The average molecular weight is 156 g/mol. The number of hydrogen-bond acceptors (Lipinski definition) is 3. The molecule has 0 bridgehead atoms. The molecule has 1 aliphatic rings. The predicted molar refractivity (Wildman–Crippen MR) is 40.1 cm³/mol. The third-order valence-electron chi connectivity index (χ3n) is 2.17. The first-order valence-electron chi connectivity index (χ1n) is 3.63. The number of carbonyl (C=O) groups excluding carboxylic acids is 1. The monoisotopic (exact) mass is 156 g/mol. The van der Waals surface area contributed by atoms with Gasteiger partial charge in [0.1, 0.15) is 0 Å². The van der Waals surface area contributed by atoms with Gasteiger partial charge in [-0.1, -0.05) is 6.92 Å². The summed E-state index contributed by atoms with van der Waals surface area (Å²) < 4.78 is 0. The van der Waals surface area contributed by atoms with Gasteiger partial charge in [-0.15, -0.1) is 0 Å². The molecular weight excluding hydrogens is 144 g/mol. The van der Waals surface area contributed by atoms with Crippen molar-refractivity contribution in [1.82, 2.24) is 0 Å². The Hall–Kier alpha value is -0.830. The smallest absolute Gasteiger partial charge is 0.167 e. The maximum atomic E-state index is 11.2. The molecule has 1 aliphatic carbocycles. The molecule has 0 heterocycles. The highest BCUT2D eigenvalue weighted by atomic mass is 16.3. The van der Waals surface area contributed by atoms with Gasteiger partial charge >= 0.3 is 0 Å². The van der Waals surface area contributed by atoms with Crippen molar-refractivity contribution in [3.8, 4) is 0 Å². The molecule has 11 heavy (non-hydrogen) atoms. The van der Waals surface area contributed by atoms with Gasteiger partial charge < -0.3 is 10.2 Å². The lowest BCUT2D eigenvalue weighted by Gasteiger charge is -2.27. The van der Waals surface area contributed by atoms with Crippen molar-refractivity contribution < 1.29 is 15.0 Å². The van der Waals surface area contributed by atoms with Crippen molar-refractivity contribution in [1.29, 1.82) is 0 Å². The summed E-state index contributed by atoms with van der Waals surface area (Å²) in [6.45, 7) is 1.56. The number of rotatable bonds is 1. The first-order valence-corrected chi connectivity index (χ1v) is 3.63. The van der Waals surface area contributed by atoms with E-state index in [9.17, 15) is 4.79 Å². The number of allylic oxidation sites excluding steroid dienone is 2. The number of ketones is 1. The van der Waals surface area contributed by atoms with Crippen LogP contribution in [0.2, 0.25) is 0 Å². The Morgan fingerprint density at radius 3 is 2.82 bits per heavy atom. The van der Waals surface area contributed by atoms with Gasteiger partial charge in [-0.05, 0) is 6.42 Å². The summed E-state index contributed by atoms with van der Waals surface area (Å²) in [5.41, 5.74) is -0.660. The zero-order chi connectivity index (χ0) is 8.48. The molecule has 0 saturated heterocycles. The topological polar surface area (TPSA) is 57.5 Å². The first kappa shape index (κ1) is 8.27. The van der Waals surface area contributed by atoms with Crippen LogP contribution in [0, 0.1) is 5.41 Å². The molecule has 0 aromatic heterocycles. The predicted octanol–water partition coefficient (Wildman–Crippen LogP) is 0.790. The van der Waals surface area contributed by atoms with Gasteiger partial charge in [-0.25, -0.2) is 0 Å². The average Bonchev–Trinajstić information content (AvgIpc) is 1.98. The highest BCUT2D eigenvalue weighted by molar-refractivity contribution is 5.95. The Morgan fingerprint density at radius 2 is 2.36 bits per heavy atom.